The number of ether oxygens (including phenoxy) is 1. The quantitative estimate of drug-likeness (QED) is 0.520. The van der Waals surface area contributed by atoms with Crippen LogP contribution in [-0.4, -0.2) is 13.2 Å². The molecule has 2 rings (SSSR count). The van der Waals surface area contributed by atoms with Crippen molar-refractivity contribution in [3.05, 3.63) is 0 Å². The molecule has 1 heteroatoms. The summed E-state index contributed by atoms with van der Waals surface area (Å²) in [5.41, 5.74) is 0.762. The van der Waals surface area contributed by atoms with Gasteiger partial charge in [0.05, 0.1) is 0 Å². The minimum atomic E-state index is 0.762. The molecule has 1 saturated heterocycles. The van der Waals surface area contributed by atoms with Crippen molar-refractivity contribution in [2.45, 2.75) is 26.2 Å². The summed E-state index contributed by atoms with van der Waals surface area (Å²) in [7, 11) is 0. The molecule has 0 aromatic carbocycles. The maximum Gasteiger partial charge on any atom is 0.0499 e. The van der Waals surface area contributed by atoms with Gasteiger partial charge in [0.15, 0.2) is 0 Å². The molecule has 2 unspecified atom stereocenters. The zero-order chi connectivity index (χ0) is 6.32. The first-order chi connectivity index (χ1) is 4.37. The van der Waals surface area contributed by atoms with E-state index < -0.39 is 0 Å². The summed E-state index contributed by atoms with van der Waals surface area (Å²) in [6.07, 6.45) is 4.15. The van der Waals surface area contributed by atoms with Gasteiger partial charge in [-0.3, -0.25) is 0 Å². The Hall–Kier alpha value is -0.0400. The summed E-state index contributed by atoms with van der Waals surface area (Å²) in [6, 6.07) is 0. The van der Waals surface area contributed by atoms with Crippen molar-refractivity contribution in [1.82, 2.24) is 0 Å². The second-order valence-corrected chi connectivity index (χ2v) is 3.44. The molecule has 0 aromatic rings. The lowest BCUT2D eigenvalue weighted by molar-refractivity contribution is 0.0603. The Morgan fingerprint density at radius 3 is 3.11 bits per heavy atom. The molecule has 1 nitrogen and oxygen atoms in total. The summed E-state index contributed by atoms with van der Waals surface area (Å²) >= 11 is 0. The summed E-state index contributed by atoms with van der Waals surface area (Å²) in [4.78, 5) is 0. The molecular formula is C8H14O. The fourth-order valence-electron chi connectivity index (χ4n) is 2.08. The highest BCUT2D eigenvalue weighted by atomic mass is 16.5. The molecule has 52 valence electrons. The Morgan fingerprint density at radius 1 is 1.67 bits per heavy atom. The summed E-state index contributed by atoms with van der Waals surface area (Å²) < 4.78 is 5.35. The van der Waals surface area contributed by atoms with Crippen LogP contribution in [0.2, 0.25) is 0 Å². The monoisotopic (exact) mass is 126 g/mol. The molecular weight excluding hydrogens is 112 g/mol. The maximum absolute atomic E-state index is 5.35. The molecule has 0 aromatic heterocycles. The van der Waals surface area contributed by atoms with Crippen LogP contribution in [0, 0.1) is 11.3 Å². The van der Waals surface area contributed by atoms with Crippen LogP contribution in [0.1, 0.15) is 26.2 Å². The van der Waals surface area contributed by atoms with Crippen LogP contribution in [0.5, 0.6) is 0 Å². The highest BCUT2D eigenvalue weighted by Crippen LogP contribution is 2.59. The summed E-state index contributed by atoms with van der Waals surface area (Å²) in [6.45, 7) is 4.38. The van der Waals surface area contributed by atoms with Crippen LogP contribution in [0.4, 0.5) is 0 Å². The van der Waals surface area contributed by atoms with E-state index >= 15 is 0 Å². The van der Waals surface area contributed by atoms with Gasteiger partial charge in [-0.1, -0.05) is 13.3 Å². The first kappa shape index (κ1) is 5.72. The van der Waals surface area contributed by atoms with Gasteiger partial charge in [-0.05, 0) is 24.2 Å². The van der Waals surface area contributed by atoms with Gasteiger partial charge < -0.3 is 4.74 Å². The van der Waals surface area contributed by atoms with Gasteiger partial charge in [-0.25, -0.2) is 0 Å². The third kappa shape index (κ3) is 0.710. The molecule has 0 spiro atoms. The van der Waals surface area contributed by atoms with Gasteiger partial charge in [0.1, 0.15) is 0 Å². The first-order valence-corrected chi connectivity index (χ1v) is 3.95. The number of hydrogen-bond acceptors (Lipinski definition) is 1. The standard InChI is InChI=1S/C8H14O/c1-2-8-3-4-9-6-7(8)5-8/h7H,2-6H2,1H3. The maximum atomic E-state index is 5.35. The zero-order valence-corrected chi connectivity index (χ0v) is 6.02. The van der Waals surface area contributed by atoms with E-state index in [-0.39, 0.29) is 0 Å². The van der Waals surface area contributed by atoms with Crippen LogP contribution in [0.25, 0.3) is 0 Å². The molecule has 1 aliphatic carbocycles. The third-order valence-electron chi connectivity index (χ3n) is 3.13. The van der Waals surface area contributed by atoms with E-state index in [0.717, 1.165) is 24.5 Å². The highest BCUT2D eigenvalue weighted by Gasteiger charge is 2.53. The topological polar surface area (TPSA) is 9.23 Å². The third-order valence-corrected chi connectivity index (χ3v) is 3.13. The normalized spacial score (nSPS) is 48.3. The molecule has 0 radical (unpaired) electrons. The van der Waals surface area contributed by atoms with Gasteiger partial charge >= 0.3 is 0 Å². The Kier molecular flexibility index (Phi) is 1.10. The molecule has 2 aliphatic rings. The minimum Gasteiger partial charge on any atom is -0.381 e. The summed E-state index contributed by atoms with van der Waals surface area (Å²) in [5, 5.41) is 0. The van der Waals surface area contributed by atoms with Crippen molar-refractivity contribution in [2.24, 2.45) is 11.3 Å². The minimum absolute atomic E-state index is 0.762. The predicted molar refractivity (Wildman–Crippen MR) is 36.3 cm³/mol. The van der Waals surface area contributed by atoms with Crippen molar-refractivity contribution in [3.63, 3.8) is 0 Å². The lowest BCUT2D eigenvalue weighted by Gasteiger charge is -2.19. The predicted octanol–water partition coefficient (Wildman–Crippen LogP) is 1.82. The molecule has 9 heavy (non-hydrogen) atoms. The zero-order valence-electron chi connectivity index (χ0n) is 6.02. The van der Waals surface area contributed by atoms with E-state index in [1.54, 1.807) is 0 Å². The van der Waals surface area contributed by atoms with Crippen LogP contribution >= 0.6 is 0 Å². The number of rotatable bonds is 1. The van der Waals surface area contributed by atoms with Gasteiger partial charge in [0.25, 0.3) is 0 Å². The second-order valence-electron chi connectivity index (χ2n) is 3.44. The van der Waals surface area contributed by atoms with E-state index in [4.69, 9.17) is 4.74 Å². The Bertz CT molecular complexity index is 122. The van der Waals surface area contributed by atoms with Crippen molar-refractivity contribution < 1.29 is 4.74 Å². The molecule has 1 heterocycles. The van der Waals surface area contributed by atoms with Crippen molar-refractivity contribution in [3.8, 4) is 0 Å². The molecule has 1 saturated carbocycles. The second kappa shape index (κ2) is 1.72. The molecule has 0 bridgehead atoms. The molecule has 0 amide bonds. The van der Waals surface area contributed by atoms with Gasteiger partial charge in [-0.15, -0.1) is 0 Å². The summed E-state index contributed by atoms with van der Waals surface area (Å²) in [5.74, 6) is 0.941. The molecule has 2 atom stereocenters. The first-order valence-electron chi connectivity index (χ1n) is 3.95. The Labute approximate surface area is 56.4 Å². The van der Waals surface area contributed by atoms with Gasteiger partial charge in [0.2, 0.25) is 0 Å². The van der Waals surface area contributed by atoms with E-state index in [9.17, 15) is 0 Å². The number of hydrogen-bond donors (Lipinski definition) is 0. The van der Waals surface area contributed by atoms with Crippen molar-refractivity contribution in [1.29, 1.82) is 0 Å². The van der Waals surface area contributed by atoms with E-state index in [0.29, 0.717) is 0 Å². The van der Waals surface area contributed by atoms with E-state index in [2.05, 4.69) is 6.92 Å². The van der Waals surface area contributed by atoms with Crippen molar-refractivity contribution in [2.75, 3.05) is 13.2 Å². The van der Waals surface area contributed by atoms with Gasteiger partial charge in [-0.2, -0.15) is 0 Å². The van der Waals surface area contributed by atoms with Crippen LogP contribution in [0.3, 0.4) is 0 Å². The molecule has 1 aliphatic heterocycles. The fourth-order valence-corrected chi connectivity index (χ4v) is 2.08. The Balaban J connectivity index is 2.01. The molecule has 0 N–H and O–H groups in total. The smallest absolute Gasteiger partial charge is 0.0499 e. The van der Waals surface area contributed by atoms with E-state index in [1.165, 1.54) is 19.3 Å². The lowest BCUT2D eigenvalue weighted by Crippen LogP contribution is -2.16. The largest absolute Gasteiger partial charge is 0.381 e. The average Bonchev–Trinajstić information content (AvgIpc) is 2.62. The molecule has 2 fully saturated rings. The van der Waals surface area contributed by atoms with Gasteiger partial charge in [0, 0.05) is 13.2 Å². The van der Waals surface area contributed by atoms with Crippen LogP contribution in [0.15, 0.2) is 0 Å². The van der Waals surface area contributed by atoms with Crippen LogP contribution < -0.4 is 0 Å². The fraction of sp³-hybridized carbons (Fsp3) is 1.00. The van der Waals surface area contributed by atoms with Crippen LogP contribution in [-0.2, 0) is 4.74 Å². The number of fused-ring (bicyclic) bond motifs is 1. The average molecular weight is 126 g/mol. The lowest BCUT2D eigenvalue weighted by atomic mass is 9.95. The highest BCUT2D eigenvalue weighted by molar-refractivity contribution is 5.02. The Morgan fingerprint density at radius 2 is 2.56 bits per heavy atom. The van der Waals surface area contributed by atoms with E-state index in [1.807, 2.05) is 0 Å². The van der Waals surface area contributed by atoms with Crippen molar-refractivity contribution >= 4 is 0 Å². The SMILES string of the molecule is CCC12CCOCC1C2.